The third-order valence-corrected chi connectivity index (χ3v) is 10.2. The zero-order valence-corrected chi connectivity index (χ0v) is 29.7. The summed E-state index contributed by atoms with van der Waals surface area (Å²) < 4.78 is 29.2. The second kappa shape index (κ2) is 13.6. The zero-order valence-electron chi connectivity index (χ0n) is 29.3. The van der Waals surface area contributed by atoms with E-state index < -0.39 is 14.9 Å². The number of furan rings is 1. The van der Waals surface area contributed by atoms with E-state index in [1.165, 1.54) is 28.2 Å². The Bertz CT molecular complexity index is 2410. The van der Waals surface area contributed by atoms with Gasteiger partial charge in [-0.2, -0.15) is 0 Å². The number of aromatic nitrogens is 2. The van der Waals surface area contributed by atoms with Gasteiger partial charge in [0, 0.05) is 42.0 Å². The van der Waals surface area contributed by atoms with Crippen molar-refractivity contribution < 1.29 is 28.6 Å². The summed E-state index contributed by atoms with van der Waals surface area (Å²) in [7, 11) is -1.28. The average molecular weight is 806 g/mol. The fourth-order valence-electron chi connectivity index (χ4n) is 5.67. The van der Waals surface area contributed by atoms with Crippen molar-refractivity contribution >= 4 is 46.0 Å². The van der Waals surface area contributed by atoms with E-state index in [9.17, 15) is 0 Å². The van der Waals surface area contributed by atoms with Crippen molar-refractivity contribution in [3.63, 3.8) is 0 Å². The Labute approximate surface area is 294 Å². The number of pyridine rings is 2. The standard InChI is InChI=1S/C24H16NO.C18H18NSi.Ir/c1-16-12-13-25-22(14-16)21-9-5-8-20-19-11-10-18(15-23(19)26-24(20)21)17-6-3-2-4-7-17;1-20(2,3)15-11-12-18(19-13-15)17-10-6-8-14-7-4-5-9-16(14)17;/h2-8,10-15H,1H3;4-9,11-13H,1-3H3;/q2*-1;/i1D3;;. The Kier molecular flexibility index (Phi) is 8.25. The molecule has 233 valence electrons. The van der Waals surface area contributed by atoms with Gasteiger partial charge < -0.3 is 14.4 Å². The summed E-state index contributed by atoms with van der Waals surface area (Å²) in [5.74, 6) is 0. The Morgan fingerprint density at radius 3 is 2.23 bits per heavy atom. The molecular formula is C42H34IrN2OSi-2. The largest absolute Gasteiger partial charge is 0.501 e. The van der Waals surface area contributed by atoms with Gasteiger partial charge in [0.1, 0.15) is 5.58 Å². The third-order valence-electron chi connectivity index (χ3n) is 8.16. The van der Waals surface area contributed by atoms with Crippen LogP contribution in [0.15, 0.2) is 138 Å². The van der Waals surface area contributed by atoms with Gasteiger partial charge in [-0.1, -0.05) is 126 Å². The van der Waals surface area contributed by atoms with E-state index in [1.54, 1.807) is 6.07 Å². The molecule has 8 aromatic rings. The minimum Gasteiger partial charge on any atom is -0.501 e. The smallest absolute Gasteiger partial charge is 0.121 e. The predicted molar refractivity (Wildman–Crippen MR) is 195 cm³/mol. The number of hydrogen-bond donors (Lipinski definition) is 0. The topological polar surface area (TPSA) is 38.9 Å². The summed E-state index contributed by atoms with van der Waals surface area (Å²) in [5.41, 5.74) is 7.15. The molecule has 0 saturated heterocycles. The second-order valence-corrected chi connectivity index (χ2v) is 17.4. The normalized spacial score (nSPS) is 12.4. The molecule has 0 aliphatic heterocycles. The summed E-state index contributed by atoms with van der Waals surface area (Å²) in [6, 6.07) is 46.5. The van der Waals surface area contributed by atoms with Crippen molar-refractivity contribution in [2.45, 2.75) is 26.5 Å². The molecule has 3 nitrogen and oxygen atoms in total. The fourth-order valence-corrected chi connectivity index (χ4v) is 6.70. The van der Waals surface area contributed by atoms with Gasteiger partial charge in [0.25, 0.3) is 0 Å². The number of nitrogens with zero attached hydrogens (tertiary/aromatic N) is 2. The molecule has 0 spiro atoms. The Morgan fingerprint density at radius 2 is 1.45 bits per heavy atom. The van der Waals surface area contributed by atoms with Crippen LogP contribution in [-0.4, -0.2) is 18.0 Å². The molecule has 0 unspecified atom stereocenters. The van der Waals surface area contributed by atoms with Crippen LogP contribution in [0.25, 0.3) is 66.4 Å². The van der Waals surface area contributed by atoms with Gasteiger partial charge in [0.05, 0.1) is 13.7 Å². The molecule has 5 aromatic carbocycles. The monoisotopic (exact) mass is 806 g/mol. The van der Waals surface area contributed by atoms with E-state index in [1.807, 2.05) is 48.7 Å². The fraction of sp³-hybridized carbons (Fsp3) is 0.0952. The van der Waals surface area contributed by atoms with Gasteiger partial charge in [-0.05, 0) is 46.7 Å². The molecule has 47 heavy (non-hydrogen) atoms. The van der Waals surface area contributed by atoms with Crippen LogP contribution in [0.3, 0.4) is 0 Å². The molecule has 0 aliphatic rings. The van der Waals surface area contributed by atoms with Crippen molar-refractivity contribution in [3.8, 4) is 33.6 Å². The van der Waals surface area contributed by atoms with Crippen molar-refractivity contribution in [1.29, 1.82) is 0 Å². The van der Waals surface area contributed by atoms with Gasteiger partial charge in [0.2, 0.25) is 0 Å². The summed E-state index contributed by atoms with van der Waals surface area (Å²) >= 11 is 0. The first-order valence-corrected chi connectivity index (χ1v) is 18.8. The molecule has 3 aromatic heterocycles. The minimum atomic E-state index is -2.19. The molecule has 0 amide bonds. The summed E-state index contributed by atoms with van der Waals surface area (Å²) in [6.07, 6.45) is 3.55. The van der Waals surface area contributed by atoms with E-state index in [0.717, 1.165) is 38.7 Å². The van der Waals surface area contributed by atoms with Crippen LogP contribution in [0.4, 0.5) is 0 Å². The summed E-state index contributed by atoms with van der Waals surface area (Å²) in [6.45, 7) is 4.83. The maximum atomic E-state index is 7.66. The maximum Gasteiger partial charge on any atom is 0.121 e. The molecule has 0 fully saturated rings. The van der Waals surface area contributed by atoms with Crippen molar-refractivity contribution in [2.75, 3.05) is 0 Å². The van der Waals surface area contributed by atoms with Crippen LogP contribution in [0, 0.1) is 19.0 Å². The Balaban J connectivity index is 0.000000181. The minimum absolute atomic E-state index is 0. The third kappa shape index (κ3) is 6.75. The number of fused-ring (bicyclic) bond motifs is 4. The molecule has 0 atom stereocenters. The molecule has 5 heteroatoms. The molecular weight excluding hydrogens is 769 g/mol. The SMILES string of the molecule is C[Si](C)(C)c1ccc(-c2[c-]ccc3ccccc23)nc1.[2H]C([2H])([2H])c1ccnc(-c2[c-]ccc3c2oc2cc(-c4ccccc4)ccc23)c1.[Ir]. The number of aryl methyl sites for hydroxylation is 1. The van der Waals surface area contributed by atoms with E-state index in [0.29, 0.717) is 16.8 Å². The molecule has 3 heterocycles. The van der Waals surface area contributed by atoms with Gasteiger partial charge in [0.15, 0.2) is 0 Å². The molecule has 0 aliphatic carbocycles. The van der Waals surface area contributed by atoms with E-state index in [2.05, 4.69) is 108 Å². The van der Waals surface area contributed by atoms with Crippen LogP contribution < -0.4 is 5.19 Å². The average Bonchev–Trinajstić information content (AvgIpc) is 3.50. The predicted octanol–water partition coefficient (Wildman–Crippen LogP) is 10.7. The van der Waals surface area contributed by atoms with Gasteiger partial charge in [-0.3, -0.25) is 0 Å². The van der Waals surface area contributed by atoms with Crippen LogP contribution in [0.2, 0.25) is 19.6 Å². The van der Waals surface area contributed by atoms with Crippen LogP contribution >= 0.6 is 0 Å². The zero-order chi connectivity index (χ0) is 34.2. The van der Waals surface area contributed by atoms with Gasteiger partial charge in [-0.15, -0.1) is 47.3 Å². The first kappa shape index (κ1) is 28.5. The van der Waals surface area contributed by atoms with Crippen LogP contribution in [-0.2, 0) is 20.1 Å². The summed E-state index contributed by atoms with van der Waals surface area (Å²) in [4.78, 5) is 9.04. The molecule has 1 radical (unpaired) electrons. The van der Waals surface area contributed by atoms with Crippen molar-refractivity contribution in [2.24, 2.45) is 0 Å². The first-order valence-electron chi connectivity index (χ1n) is 16.8. The van der Waals surface area contributed by atoms with Crippen molar-refractivity contribution in [3.05, 3.63) is 151 Å². The van der Waals surface area contributed by atoms with Crippen molar-refractivity contribution in [1.82, 2.24) is 9.97 Å². The van der Waals surface area contributed by atoms with Gasteiger partial charge >= 0.3 is 0 Å². The molecule has 0 N–H and O–H groups in total. The van der Waals surface area contributed by atoms with E-state index >= 15 is 0 Å². The first-order chi connectivity index (χ1) is 23.6. The molecule has 8 rings (SSSR count). The number of hydrogen-bond acceptors (Lipinski definition) is 3. The summed E-state index contributed by atoms with van der Waals surface area (Å²) in [5, 5.41) is 5.79. The molecule has 0 bridgehead atoms. The molecule has 0 saturated carbocycles. The Hall–Kier alpha value is -4.67. The maximum absolute atomic E-state index is 7.66. The Morgan fingerprint density at radius 1 is 0.660 bits per heavy atom. The van der Waals surface area contributed by atoms with Crippen LogP contribution in [0.5, 0.6) is 0 Å². The van der Waals surface area contributed by atoms with E-state index in [4.69, 9.17) is 8.53 Å². The quantitative estimate of drug-likeness (QED) is 0.131. The van der Waals surface area contributed by atoms with Crippen LogP contribution in [0.1, 0.15) is 9.68 Å². The number of rotatable bonds is 4. The van der Waals surface area contributed by atoms with E-state index in [-0.39, 0.29) is 25.7 Å². The number of benzene rings is 5. The second-order valence-electron chi connectivity index (χ2n) is 12.3. The van der Waals surface area contributed by atoms with Gasteiger partial charge in [-0.25, -0.2) is 0 Å².